The van der Waals surface area contributed by atoms with E-state index in [9.17, 15) is 9.90 Å². The van der Waals surface area contributed by atoms with Crippen LogP contribution in [-0.2, 0) is 6.42 Å². The quantitative estimate of drug-likeness (QED) is 0.789. The summed E-state index contributed by atoms with van der Waals surface area (Å²) in [6.07, 6.45) is 3.01. The lowest BCUT2D eigenvalue weighted by Crippen LogP contribution is -2.30. The molecule has 4 heteroatoms. The Morgan fingerprint density at radius 2 is 1.90 bits per heavy atom. The Hall–Kier alpha value is -1.58. The van der Waals surface area contributed by atoms with Crippen LogP contribution in [0, 0.1) is 5.92 Å². The Morgan fingerprint density at radius 1 is 1.25 bits per heavy atom. The number of aromatic nitrogens is 1. The highest BCUT2D eigenvalue weighted by Gasteiger charge is 2.15. The van der Waals surface area contributed by atoms with Gasteiger partial charge in [-0.15, -0.1) is 0 Å². The van der Waals surface area contributed by atoms with E-state index in [4.69, 9.17) is 0 Å². The molecular formula is C16H26N2O2. The predicted molar refractivity (Wildman–Crippen MR) is 82.5 cm³/mol. The number of anilines is 1. The molecule has 0 spiro atoms. The minimum Gasteiger partial charge on any atom is -0.478 e. The van der Waals surface area contributed by atoms with Crippen molar-refractivity contribution >= 4 is 11.8 Å². The van der Waals surface area contributed by atoms with Gasteiger partial charge in [-0.2, -0.15) is 0 Å². The van der Waals surface area contributed by atoms with Crippen LogP contribution in [0.5, 0.6) is 0 Å². The van der Waals surface area contributed by atoms with Crippen molar-refractivity contribution in [3.05, 3.63) is 23.4 Å². The van der Waals surface area contributed by atoms with Crippen molar-refractivity contribution in [2.24, 2.45) is 5.92 Å². The number of hydrogen-bond acceptors (Lipinski definition) is 3. The molecule has 1 aromatic rings. The number of carbonyl (C=O) groups is 1. The van der Waals surface area contributed by atoms with Crippen LogP contribution in [-0.4, -0.2) is 29.1 Å². The summed E-state index contributed by atoms with van der Waals surface area (Å²) in [5.41, 5.74) is 1.16. The molecule has 1 heterocycles. The molecule has 0 saturated carbocycles. The third-order valence-corrected chi connectivity index (χ3v) is 3.81. The van der Waals surface area contributed by atoms with E-state index in [2.05, 4.69) is 30.7 Å². The molecule has 0 aliphatic rings. The molecule has 1 rings (SSSR count). The third-order valence-electron chi connectivity index (χ3n) is 3.81. The van der Waals surface area contributed by atoms with Crippen molar-refractivity contribution in [3.8, 4) is 0 Å². The standard InChI is InChI=1S/C16H26N2O2/c1-5-12(6-2)11-18(8-4)15-10-13(16(19)20)9-14(7-3)17-15/h9-10,12H,5-8,11H2,1-4H3,(H,19,20). The van der Waals surface area contributed by atoms with Crippen molar-refractivity contribution < 1.29 is 9.90 Å². The summed E-state index contributed by atoms with van der Waals surface area (Å²) >= 11 is 0. The van der Waals surface area contributed by atoms with Crippen molar-refractivity contribution in [1.82, 2.24) is 4.98 Å². The lowest BCUT2D eigenvalue weighted by atomic mass is 10.0. The fourth-order valence-corrected chi connectivity index (χ4v) is 2.28. The molecular weight excluding hydrogens is 252 g/mol. The minimum atomic E-state index is -0.887. The number of rotatable bonds is 8. The number of hydrogen-bond donors (Lipinski definition) is 1. The average Bonchev–Trinajstić information content (AvgIpc) is 2.48. The zero-order chi connectivity index (χ0) is 15.1. The molecule has 0 amide bonds. The zero-order valence-electron chi connectivity index (χ0n) is 13.0. The molecule has 0 aromatic carbocycles. The summed E-state index contributed by atoms with van der Waals surface area (Å²) in [5, 5.41) is 9.21. The number of carboxylic acid groups (broad SMARTS) is 1. The Balaban J connectivity index is 3.07. The van der Waals surface area contributed by atoms with Crippen LogP contribution in [0.2, 0.25) is 0 Å². The fourth-order valence-electron chi connectivity index (χ4n) is 2.28. The van der Waals surface area contributed by atoms with Gasteiger partial charge in [-0.3, -0.25) is 0 Å². The summed E-state index contributed by atoms with van der Waals surface area (Å²) in [6, 6.07) is 3.35. The second-order valence-electron chi connectivity index (χ2n) is 5.09. The maximum Gasteiger partial charge on any atom is 0.335 e. The van der Waals surface area contributed by atoms with E-state index < -0.39 is 5.97 Å². The number of pyridine rings is 1. The van der Waals surface area contributed by atoms with E-state index >= 15 is 0 Å². The molecule has 0 aliphatic carbocycles. The molecule has 0 fully saturated rings. The first-order valence-corrected chi connectivity index (χ1v) is 7.54. The topological polar surface area (TPSA) is 53.4 Å². The van der Waals surface area contributed by atoms with Gasteiger partial charge in [0.2, 0.25) is 0 Å². The van der Waals surface area contributed by atoms with E-state index in [1.54, 1.807) is 12.1 Å². The molecule has 0 unspecified atom stereocenters. The van der Waals surface area contributed by atoms with E-state index in [0.29, 0.717) is 11.5 Å². The first kappa shape index (κ1) is 16.5. The van der Waals surface area contributed by atoms with Gasteiger partial charge in [-0.05, 0) is 31.4 Å². The normalized spacial score (nSPS) is 10.8. The number of nitrogens with zero attached hydrogens (tertiary/aromatic N) is 2. The van der Waals surface area contributed by atoms with Gasteiger partial charge in [0, 0.05) is 18.8 Å². The van der Waals surface area contributed by atoms with Crippen LogP contribution >= 0.6 is 0 Å². The molecule has 1 N–H and O–H groups in total. The Bertz CT molecular complexity index is 442. The van der Waals surface area contributed by atoms with Gasteiger partial charge in [-0.1, -0.05) is 33.6 Å². The van der Waals surface area contributed by atoms with E-state index in [1.807, 2.05) is 6.92 Å². The maximum absolute atomic E-state index is 11.2. The van der Waals surface area contributed by atoms with Crippen molar-refractivity contribution in [2.75, 3.05) is 18.0 Å². The SMILES string of the molecule is CCc1cc(C(=O)O)cc(N(CC)CC(CC)CC)n1. The molecule has 20 heavy (non-hydrogen) atoms. The molecule has 112 valence electrons. The fraction of sp³-hybridized carbons (Fsp3) is 0.625. The minimum absolute atomic E-state index is 0.329. The van der Waals surface area contributed by atoms with E-state index in [0.717, 1.165) is 43.9 Å². The van der Waals surface area contributed by atoms with E-state index in [1.165, 1.54) is 0 Å². The Labute approximate surface area is 121 Å². The average molecular weight is 278 g/mol. The molecule has 0 saturated heterocycles. The van der Waals surface area contributed by atoms with Crippen LogP contribution in [0.3, 0.4) is 0 Å². The zero-order valence-corrected chi connectivity index (χ0v) is 13.0. The van der Waals surface area contributed by atoms with Crippen LogP contribution in [0.15, 0.2) is 12.1 Å². The van der Waals surface area contributed by atoms with Gasteiger partial charge in [0.15, 0.2) is 0 Å². The van der Waals surface area contributed by atoms with Crippen molar-refractivity contribution in [3.63, 3.8) is 0 Å². The lowest BCUT2D eigenvalue weighted by Gasteiger charge is -2.27. The first-order chi connectivity index (χ1) is 9.55. The number of aryl methyl sites for hydroxylation is 1. The molecule has 0 atom stereocenters. The first-order valence-electron chi connectivity index (χ1n) is 7.54. The predicted octanol–water partition coefficient (Wildman–Crippen LogP) is 3.60. The van der Waals surface area contributed by atoms with Gasteiger partial charge >= 0.3 is 5.97 Å². The van der Waals surface area contributed by atoms with Crippen molar-refractivity contribution in [1.29, 1.82) is 0 Å². The molecule has 4 nitrogen and oxygen atoms in total. The monoisotopic (exact) mass is 278 g/mol. The summed E-state index contributed by atoms with van der Waals surface area (Å²) in [7, 11) is 0. The summed E-state index contributed by atoms with van der Waals surface area (Å²) < 4.78 is 0. The van der Waals surface area contributed by atoms with Gasteiger partial charge in [0.05, 0.1) is 5.56 Å². The summed E-state index contributed by atoms with van der Waals surface area (Å²) in [5.74, 6) is 0.522. The highest BCUT2D eigenvalue weighted by molar-refractivity contribution is 5.88. The molecule has 1 aromatic heterocycles. The largest absolute Gasteiger partial charge is 0.478 e. The second-order valence-corrected chi connectivity index (χ2v) is 5.09. The number of aromatic carboxylic acids is 1. The van der Waals surface area contributed by atoms with Crippen LogP contribution in [0.4, 0.5) is 5.82 Å². The van der Waals surface area contributed by atoms with Gasteiger partial charge < -0.3 is 10.0 Å². The highest BCUT2D eigenvalue weighted by Crippen LogP contribution is 2.19. The van der Waals surface area contributed by atoms with Gasteiger partial charge in [-0.25, -0.2) is 9.78 Å². The Morgan fingerprint density at radius 3 is 2.35 bits per heavy atom. The third kappa shape index (κ3) is 4.22. The molecule has 0 bridgehead atoms. The maximum atomic E-state index is 11.2. The van der Waals surface area contributed by atoms with Gasteiger partial charge in [0.25, 0.3) is 0 Å². The Kier molecular flexibility index (Phi) is 6.49. The number of carboxylic acids is 1. The molecule has 0 radical (unpaired) electrons. The van der Waals surface area contributed by atoms with Crippen LogP contribution in [0.1, 0.15) is 56.6 Å². The van der Waals surface area contributed by atoms with Crippen molar-refractivity contribution in [2.45, 2.75) is 47.0 Å². The smallest absolute Gasteiger partial charge is 0.335 e. The second kappa shape index (κ2) is 7.88. The summed E-state index contributed by atoms with van der Waals surface area (Å²) in [6.45, 7) is 10.2. The lowest BCUT2D eigenvalue weighted by molar-refractivity contribution is 0.0696. The van der Waals surface area contributed by atoms with Crippen LogP contribution < -0.4 is 4.90 Å². The summed E-state index contributed by atoms with van der Waals surface area (Å²) in [4.78, 5) is 18.0. The van der Waals surface area contributed by atoms with Gasteiger partial charge in [0.1, 0.15) is 5.82 Å². The highest BCUT2D eigenvalue weighted by atomic mass is 16.4. The van der Waals surface area contributed by atoms with Crippen LogP contribution in [0.25, 0.3) is 0 Å². The molecule has 0 aliphatic heterocycles. The van der Waals surface area contributed by atoms with E-state index in [-0.39, 0.29) is 0 Å².